The molecule has 1 rings (SSSR count). The van der Waals surface area contributed by atoms with Gasteiger partial charge in [-0.3, -0.25) is 5.41 Å². The Morgan fingerprint density at radius 3 is 2.58 bits per heavy atom. The van der Waals surface area contributed by atoms with E-state index in [2.05, 4.69) is 0 Å². The van der Waals surface area contributed by atoms with Crippen LogP contribution in [-0.4, -0.2) is 23.3 Å². The molecular formula is C12H15F3N2OS. The number of halogens is 3. The normalized spacial score (nSPS) is 13.3. The molecule has 1 atom stereocenters. The number of amidine groups is 1. The summed E-state index contributed by atoms with van der Waals surface area (Å²) in [6, 6.07) is 3.55. The summed E-state index contributed by atoms with van der Waals surface area (Å²) < 4.78 is 38.2. The molecular weight excluding hydrogens is 277 g/mol. The lowest BCUT2D eigenvalue weighted by molar-refractivity contribution is -0.137. The third-order valence-electron chi connectivity index (χ3n) is 2.43. The van der Waals surface area contributed by atoms with E-state index >= 15 is 0 Å². The number of benzene rings is 1. The molecule has 0 aromatic heterocycles. The van der Waals surface area contributed by atoms with Crippen LogP contribution < -0.4 is 5.73 Å². The van der Waals surface area contributed by atoms with E-state index in [1.165, 1.54) is 23.9 Å². The Morgan fingerprint density at radius 1 is 1.47 bits per heavy atom. The molecule has 0 radical (unpaired) electrons. The zero-order valence-corrected chi connectivity index (χ0v) is 11.1. The highest BCUT2D eigenvalue weighted by atomic mass is 32.2. The van der Waals surface area contributed by atoms with Crippen molar-refractivity contribution in [2.75, 3.05) is 12.4 Å². The van der Waals surface area contributed by atoms with E-state index in [0.717, 1.165) is 6.07 Å². The van der Waals surface area contributed by atoms with Crippen molar-refractivity contribution in [1.82, 2.24) is 0 Å². The van der Waals surface area contributed by atoms with Gasteiger partial charge in [-0.1, -0.05) is 6.92 Å². The SMILES string of the molecule is CC(CO)CSc1ccc(C(F)(F)F)c(C(=N)N)c1. The number of nitrogens with two attached hydrogens (primary N) is 1. The van der Waals surface area contributed by atoms with Crippen molar-refractivity contribution in [2.45, 2.75) is 18.0 Å². The van der Waals surface area contributed by atoms with Crippen LogP contribution in [-0.2, 0) is 6.18 Å². The maximum atomic E-state index is 12.7. The van der Waals surface area contributed by atoms with Gasteiger partial charge < -0.3 is 10.8 Å². The minimum Gasteiger partial charge on any atom is -0.396 e. The number of nitrogen functional groups attached to an aromatic ring is 1. The molecule has 0 bridgehead atoms. The summed E-state index contributed by atoms with van der Waals surface area (Å²) in [7, 11) is 0. The van der Waals surface area contributed by atoms with Crippen LogP contribution in [0.25, 0.3) is 0 Å². The Labute approximate surface area is 113 Å². The summed E-state index contributed by atoms with van der Waals surface area (Å²) in [5.41, 5.74) is 3.98. The third-order valence-corrected chi connectivity index (χ3v) is 3.76. The monoisotopic (exact) mass is 292 g/mol. The summed E-state index contributed by atoms with van der Waals surface area (Å²) in [5, 5.41) is 16.1. The summed E-state index contributed by atoms with van der Waals surface area (Å²) >= 11 is 1.32. The van der Waals surface area contributed by atoms with Crippen molar-refractivity contribution < 1.29 is 18.3 Å². The van der Waals surface area contributed by atoms with Crippen LogP contribution in [0.2, 0.25) is 0 Å². The summed E-state index contributed by atoms with van der Waals surface area (Å²) in [4.78, 5) is 0.596. The van der Waals surface area contributed by atoms with E-state index in [1.54, 1.807) is 0 Å². The second-order valence-electron chi connectivity index (χ2n) is 4.22. The molecule has 7 heteroatoms. The molecule has 0 fully saturated rings. The lowest BCUT2D eigenvalue weighted by Crippen LogP contribution is -2.19. The Morgan fingerprint density at radius 2 is 2.11 bits per heavy atom. The van der Waals surface area contributed by atoms with Gasteiger partial charge >= 0.3 is 6.18 Å². The second-order valence-corrected chi connectivity index (χ2v) is 5.31. The molecule has 0 heterocycles. The molecule has 3 nitrogen and oxygen atoms in total. The number of aliphatic hydroxyl groups excluding tert-OH is 1. The Balaban J connectivity index is 3.00. The molecule has 4 N–H and O–H groups in total. The van der Waals surface area contributed by atoms with Gasteiger partial charge in [0.15, 0.2) is 0 Å². The van der Waals surface area contributed by atoms with Crippen LogP contribution in [0.3, 0.4) is 0 Å². The molecule has 0 saturated carbocycles. The first-order chi connectivity index (χ1) is 8.75. The van der Waals surface area contributed by atoms with Gasteiger partial charge in [-0.25, -0.2) is 0 Å². The predicted octanol–water partition coefficient (Wildman–Crippen LogP) is 2.71. The van der Waals surface area contributed by atoms with E-state index in [0.29, 0.717) is 10.6 Å². The van der Waals surface area contributed by atoms with Gasteiger partial charge in [0.25, 0.3) is 0 Å². The number of hydrogen-bond donors (Lipinski definition) is 3. The third kappa shape index (κ3) is 4.43. The Hall–Kier alpha value is -1.21. The minimum atomic E-state index is -4.53. The molecule has 0 amide bonds. The van der Waals surface area contributed by atoms with Crippen LogP contribution in [0.15, 0.2) is 23.1 Å². The zero-order valence-electron chi connectivity index (χ0n) is 10.3. The number of thioether (sulfide) groups is 1. The average Bonchev–Trinajstić information content (AvgIpc) is 2.34. The molecule has 1 aromatic carbocycles. The van der Waals surface area contributed by atoms with E-state index in [1.807, 2.05) is 6.92 Å². The average molecular weight is 292 g/mol. The van der Waals surface area contributed by atoms with Gasteiger partial charge in [0.2, 0.25) is 0 Å². The van der Waals surface area contributed by atoms with E-state index in [4.69, 9.17) is 16.2 Å². The first-order valence-electron chi connectivity index (χ1n) is 5.55. The first kappa shape index (κ1) is 15.8. The Kier molecular flexibility index (Phi) is 5.25. The predicted molar refractivity (Wildman–Crippen MR) is 69.4 cm³/mol. The first-order valence-corrected chi connectivity index (χ1v) is 6.53. The lowest BCUT2D eigenvalue weighted by atomic mass is 10.1. The van der Waals surface area contributed by atoms with E-state index in [-0.39, 0.29) is 18.1 Å². The van der Waals surface area contributed by atoms with Crippen LogP contribution in [0, 0.1) is 11.3 Å². The maximum absolute atomic E-state index is 12.7. The van der Waals surface area contributed by atoms with Crippen molar-refractivity contribution >= 4 is 17.6 Å². The molecule has 19 heavy (non-hydrogen) atoms. The molecule has 0 aliphatic rings. The number of aliphatic hydroxyl groups is 1. The second kappa shape index (κ2) is 6.29. The van der Waals surface area contributed by atoms with Crippen LogP contribution >= 0.6 is 11.8 Å². The highest BCUT2D eigenvalue weighted by Crippen LogP contribution is 2.34. The van der Waals surface area contributed by atoms with Crippen molar-refractivity contribution in [1.29, 1.82) is 5.41 Å². The molecule has 106 valence electrons. The van der Waals surface area contributed by atoms with E-state index in [9.17, 15) is 13.2 Å². The largest absolute Gasteiger partial charge is 0.417 e. The van der Waals surface area contributed by atoms with Crippen molar-refractivity contribution in [3.8, 4) is 0 Å². The molecule has 0 spiro atoms. The molecule has 0 aliphatic heterocycles. The highest BCUT2D eigenvalue weighted by Gasteiger charge is 2.34. The van der Waals surface area contributed by atoms with Crippen molar-refractivity contribution in [2.24, 2.45) is 11.7 Å². The fraction of sp³-hybridized carbons (Fsp3) is 0.417. The maximum Gasteiger partial charge on any atom is 0.417 e. The van der Waals surface area contributed by atoms with Crippen molar-refractivity contribution in [3.05, 3.63) is 29.3 Å². The smallest absolute Gasteiger partial charge is 0.396 e. The molecule has 0 aliphatic carbocycles. The number of rotatable bonds is 5. The number of nitrogens with one attached hydrogen (secondary N) is 1. The van der Waals surface area contributed by atoms with Crippen LogP contribution in [0.5, 0.6) is 0 Å². The van der Waals surface area contributed by atoms with E-state index < -0.39 is 17.6 Å². The van der Waals surface area contributed by atoms with Gasteiger partial charge in [0.1, 0.15) is 5.84 Å². The summed E-state index contributed by atoms with van der Waals surface area (Å²) in [5.74, 6) is 0.0252. The van der Waals surface area contributed by atoms with Gasteiger partial charge in [0.05, 0.1) is 5.56 Å². The number of hydrogen-bond acceptors (Lipinski definition) is 3. The Bertz CT molecular complexity index is 463. The minimum absolute atomic E-state index is 0.0210. The zero-order chi connectivity index (χ0) is 14.6. The standard InChI is InChI=1S/C12H15F3N2OS/c1-7(5-18)6-19-8-2-3-10(12(13,14)15)9(4-8)11(16)17/h2-4,7,18H,5-6H2,1H3,(H3,16,17). The van der Waals surface area contributed by atoms with Gasteiger partial charge in [-0.05, 0) is 24.1 Å². The summed E-state index contributed by atoms with van der Waals surface area (Å²) in [6.45, 7) is 1.86. The van der Waals surface area contributed by atoms with Gasteiger partial charge in [0, 0.05) is 22.8 Å². The van der Waals surface area contributed by atoms with Gasteiger partial charge in [-0.15, -0.1) is 11.8 Å². The highest BCUT2D eigenvalue weighted by molar-refractivity contribution is 7.99. The molecule has 0 saturated heterocycles. The van der Waals surface area contributed by atoms with Crippen molar-refractivity contribution in [3.63, 3.8) is 0 Å². The fourth-order valence-electron chi connectivity index (χ4n) is 1.37. The molecule has 1 aromatic rings. The molecule has 1 unspecified atom stereocenters. The lowest BCUT2D eigenvalue weighted by Gasteiger charge is -2.14. The quantitative estimate of drug-likeness (QED) is 0.444. The fourth-order valence-corrected chi connectivity index (χ4v) is 2.32. The topological polar surface area (TPSA) is 70.1 Å². The number of alkyl halides is 3. The van der Waals surface area contributed by atoms with Crippen LogP contribution in [0.1, 0.15) is 18.1 Å². The van der Waals surface area contributed by atoms with Crippen LogP contribution in [0.4, 0.5) is 13.2 Å². The van der Waals surface area contributed by atoms with Gasteiger partial charge in [-0.2, -0.15) is 13.2 Å². The summed E-state index contributed by atoms with van der Waals surface area (Å²) in [6.07, 6.45) is -4.53.